The number of rotatable bonds is 13. The minimum absolute atomic E-state index is 0.292. The Kier molecular flexibility index (Phi) is 10.8. The summed E-state index contributed by atoms with van der Waals surface area (Å²) >= 11 is 0. The lowest BCUT2D eigenvalue weighted by atomic mass is 10.1. The predicted octanol–water partition coefficient (Wildman–Crippen LogP) is -4.78. The topological polar surface area (TPSA) is 251 Å². The van der Waals surface area contributed by atoms with E-state index >= 15 is 0 Å². The Morgan fingerprint density at radius 1 is 0.929 bits per heavy atom. The Hall–Kier alpha value is -3.26. The highest BCUT2D eigenvalue weighted by molar-refractivity contribution is 5.93. The highest BCUT2D eigenvalue weighted by Gasteiger charge is 2.26. The average Bonchev–Trinajstić information content (AvgIpc) is 2.59. The number of hydrogen-bond donors (Lipinski definition) is 8. The molecule has 0 aliphatic carbocycles. The second kappa shape index (κ2) is 12.2. The zero-order valence-corrected chi connectivity index (χ0v) is 14.7. The molecule has 0 spiro atoms. The average molecular weight is 405 g/mol. The highest BCUT2D eigenvalue weighted by atomic mass is 16.4. The van der Waals surface area contributed by atoms with E-state index in [2.05, 4.69) is 5.32 Å². The Morgan fingerprint density at radius 3 is 2.00 bits per heavy atom. The van der Waals surface area contributed by atoms with E-state index < -0.39 is 73.3 Å². The summed E-state index contributed by atoms with van der Waals surface area (Å²) in [5.74, 6) is -6.41. The summed E-state index contributed by atoms with van der Waals surface area (Å²) in [5.41, 5.74) is 10.2. The molecule has 0 aliphatic rings. The molecule has 0 saturated carbocycles. The molecule has 14 nitrogen and oxygen atoms in total. The van der Waals surface area contributed by atoms with Crippen molar-refractivity contribution in [3.8, 4) is 0 Å². The Labute approximate surface area is 158 Å². The number of aliphatic hydroxyl groups excluding tert-OH is 1. The third-order valence-corrected chi connectivity index (χ3v) is 3.28. The number of aliphatic carboxylic acids is 2. The largest absolute Gasteiger partial charge is 0.481 e. The smallest absolute Gasteiger partial charge is 0.326 e. The van der Waals surface area contributed by atoms with Crippen LogP contribution in [0.5, 0.6) is 0 Å². The molecular weight excluding hydrogens is 382 g/mol. The van der Waals surface area contributed by atoms with Crippen LogP contribution >= 0.6 is 0 Å². The molecule has 4 amide bonds. The van der Waals surface area contributed by atoms with Gasteiger partial charge in [0.2, 0.25) is 23.6 Å². The first-order chi connectivity index (χ1) is 13.0. The van der Waals surface area contributed by atoms with Crippen molar-refractivity contribution in [2.24, 2.45) is 11.5 Å². The van der Waals surface area contributed by atoms with Crippen LogP contribution in [0.15, 0.2) is 0 Å². The quantitative estimate of drug-likeness (QED) is 0.145. The van der Waals surface area contributed by atoms with Gasteiger partial charge >= 0.3 is 11.9 Å². The van der Waals surface area contributed by atoms with Crippen molar-refractivity contribution in [2.45, 2.75) is 37.4 Å². The first kappa shape index (κ1) is 24.7. The van der Waals surface area contributed by atoms with Crippen LogP contribution < -0.4 is 27.4 Å². The van der Waals surface area contributed by atoms with Gasteiger partial charge in [-0.15, -0.1) is 0 Å². The minimum atomic E-state index is -1.53. The van der Waals surface area contributed by atoms with Gasteiger partial charge in [0.25, 0.3) is 0 Å². The zero-order valence-electron chi connectivity index (χ0n) is 14.7. The van der Waals surface area contributed by atoms with Gasteiger partial charge in [0.15, 0.2) is 0 Å². The van der Waals surface area contributed by atoms with E-state index in [0.717, 1.165) is 0 Å². The molecule has 0 rings (SSSR count). The first-order valence-electron chi connectivity index (χ1n) is 7.94. The maximum atomic E-state index is 12.0. The van der Waals surface area contributed by atoms with Gasteiger partial charge in [0.05, 0.1) is 25.6 Å². The van der Waals surface area contributed by atoms with Crippen molar-refractivity contribution >= 4 is 35.6 Å². The van der Waals surface area contributed by atoms with Crippen molar-refractivity contribution in [3.05, 3.63) is 0 Å². The fourth-order valence-corrected chi connectivity index (χ4v) is 1.84. The van der Waals surface area contributed by atoms with Crippen molar-refractivity contribution in [1.82, 2.24) is 16.0 Å². The third kappa shape index (κ3) is 10.0. The van der Waals surface area contributed by atoms with E-state index in [1.54, 1.807) is 0 Å². The van der Waals surface area contributed by atoms with Crippen molar-refractivity contribution < 1.29 is 44.1 Å². The fraction of sp³-hybridized carbons (Fsp3) is 0.571. The molecule has 0 fully saturated rings. The lowest BCUT2D eigenvalue weighted by molar-refractivity contribution is -0.142. The second-order valence-corrected chi connectivity index (χ2v) is 5.63. The van der Waals surface area contributed by atoms with Crippen LogP contribution in [0.4, 0.5) is 0 Å². The molecule has 0 bridgehead atoms. The number of carboxylic acids is 2. The van der Waals surface area contributed by atoms with Gasteiger partial charge in [-0.2, -0.15) is 0 Å². The minimum Gasteiger partial charge on any atom is -0.481 e. The van der Waals surface area contributed by atoms with E-state index in [1.165, 1.54) is 0 Å². The summed E-state index contributed by atoms with van der Waals surface area (Å²) in [6.45, 7) is -1.55. The maximum absolute atomic E-state index is 12.0. The van der Waals surface area contributed by atoms with Gasteiger partial charge in [0, 0.05) is 6.42 Å². The van der Waals surface area contributed by atoms with Gasteiger partial charge in [-0.05, 0) is 6.42 Å². The summed E-state index contributed by atoms with van der Waals surface area (Å²) in [6, 6.07) is -4.39. The molecule has 14 heteroatoms. The molecule has 0 aromatic rings. The number of amides is 4. The third-order valence-electron chi connectivity index (χ3n) is 3.28. The fourth-order valence-electron chi connectivity index (χ4n) is 1.84. The van der Waals surface area contributed by atoms with Crippen LogP contribution in [0, 0.1) is 0 Å². The normalized spacial score (nSPS) is 13.5. The van der Waals surface area contributed by atoms with Crippen LogP contribution in [-0.2, 0) is 28.8 Å². The standard InChI is InChI=1S/C14H23N5O9/c15-6(3-11(23)24)12(25)17-4-10(22)18-8(5-20)13(26)19-7(14(27)28)1-2-9(16)21/h6-8,20H,1-5,15H2,(H2,16,21)(H,17,25)(H,18,22)(H,19,26)(H,23,24)(H,27,28). The van der Waals surface area contributed by atoms with Gasteiger partial charge in [-0.3, -0.25) is 24.0 Å². The highest BCUT2D eigenvalue weighted by Crippen LogP contribution is 1.98. The lowest BCUT2D eigenvalue weighted by Gasteiger charge is -2.20. The van der Waals surface area contributed by atoms with Crippen LogP contribution in [0.2, 0.25) is 0 Å². The molecule has 158 valence electrons. The maximum Gasteiger partial charge on any atom is 0.326 e. The first-order valence-corrected chi connectivity index (χ1v) is 7.94. The molecule has 3 unspecified atom stereocenters. The van der Waals surface area contributed by atoms with Gasteiger partial charge < -0.3 is 42.7 Å². The summed E-state index contributed by atoms with van der Waals surface area (Å²) in [5, 5.41) is 32.9. The molecule has 28 heavy (non-hydrogen) atoms. The number of aliphatic hydroxyl groups is 1. The molecule has 0 radical (unpaired) electrons. The lowest BCUT2D eigenvalue weighted by Crippen LogP contribution is -2.55. The van der Waals surface area contributed by atoms with Crippen LogP contribution in [0.25, 0.3) is 0 Å². The van der Waals surface area contributed by atoms with Crippen molar-refractivity contribution in [3.63, 3.8) is 0 Å². The molecular formula is C14H23N5O9. The number of nitrogens with one attached hydrogen (secondary N) is 3. The van der Waals surface area contributed by atoms with Gasteiger partial charge in [0.1, 0.15) is 12.1 Å². The number of hydrogen-bond acceptors (Lipinski definition) is 8. The molecule has 0 aliphatic heterocycles. The number of carboxylic acid groups (broad SMARTS) is 2. The summed E-state index contributed by atoms with van der Waals surface area (Å²) < 4.78 is 0. The van der Waals surface area contributed by atoms with Crippen LogP contribution in [-0.4, -0.2) is 82.2 Å². The van der Waals surface area contributed by atoms with Crippen LogP contribution in [0.1, 0.15) is 19.3 Å². The Morgan fingerprint density at radius 2 is 1.54 bits per heavy atom. The summed E-state index contributed by atoms with van der Waals surface area (Å²) in [4.78, 5) is 67.5. The monoisotopic (exact) mass is 405 g/mol. The molecule has 0 aromatic carbocycles. The van der Waals surface area contributed by atoms with E-state index in [1.807, 2.05) is 10.6 Å². The number of carbonyl (C=O) groups excluding carboxylic acids is 4. The van der Waals surface area contributed by atoms with Crippen LogP contribution in [0.3, 0.4) is 0 Å². The van der Waals surface area contributed by atoms with Gasteiger partial charge in [-0.1, -0.05) is 0 Å². The summed E-state index contributed by atoms with van der Waals surface area (Å²) in [7, 11) is 0. The Bertz CT molecular complexity index is 624. The van der Waals surface area contributed by atoms with Crippen molar-refractivity contribution in [2.75, 3.05) is 13.2 Å². The van der Waals surface area contributed by atoms with Crippen molar-refractivity contribution in [1.29, 1.82) is 0 Å². The van der Waals surface area contributed by atoms with E-state index in [9.17, 15) is 33.9 Å². The number of carbonyl (C=O) groups is 6. The SMILES string of the molecule is NC(=O)CCC(NC(=O)C(CO)NC(=O)CNC(=O)C(N)CC(=O)O)C(=O)O. The zero-order chi connectivity index (χ0) is 21.9. The predicted molar refractivity (Wildman–Crippen MR) is 90.2 cm³/mol. The molecule has 0 saturated heterocycles. The van der Waals surface area contributed by atoms with Gasteiger partial charge in [-0.25, -0.2) is 4.79 Å². The molecule has 0 aromatic heterocycles. The summed E-state index contributed by atoms with van der Waals surface area (Å²) in [6.07, 6.45) is -1.26. The molecule has 10 N–H and O–H groups in total. The van der Waals surface area contributed by atoms with E-state index in [-0.39, 0.29) is 12.8 Å². The number of nitrogens with two attached hydrogens (primary N) is 2. The van der Waals surface area contributed by atoms with E-state index in [4.69, 9.17) is 21.7 Å². The Balaban J connectivity index is 4.64. The molecule has 3 atom stereocenters. The second-order valence-electron chi connectivity index (χ2n) is 5.63. The molecule has 0 heterocycles. The van der Waals surface area contributed by atoms with E-state index in [0.29, 0.717) is 0 Å². The number of primary amides is 1.